The number of nitrogens with zero attached hydrogens (tertiary/aromatic N) is 2. The van der Waals surface area contributed by atoms with Crippen molar-refractivity contribution >= 4 is 23.2 Å². The van der Waals surface area contributed by atoms with E-state index in [1.54, 1.807) is 4.90 Å². The lowest BCUT2D eigenvalue weighted by Crippen LogP contribution is -2.34. The van der Waals surface area contributed by atoms with Crippen LogP contribution in [0.3, 0.4) is 0 Å². The molecule has 0 radical (unpaired) electrons. The predicted molar refractivity (Wildman–Crippen MR) is 105 cm³/mol. The predicted octanol–water partition coefficient (Wildman–Crippen LogP) is 2.64. The molecule has 2 unspecified atom stereocenters. The number of carbonyl (C=O) groups is 2. The van der Waals surface area contributed by atoms with Crippen LogP contribution in [0.5, 0.6) is 0 Å². The van der Waals surface area contributed by atoms with Crippen LogP contribution in [0.1, 0.15) is 38.5 Å². The molecule has 0 aliphatic carbocycles. The number of benzene rings is 1. The van der Waals surface area contributed by atoms with Crippen molar-refractivity contribution in [2.24, 2.45) is 5.92 Å². The molecule has 0 bridgehead atoms. The number of hydrogen-bond acceptors (Lipinski definition) is 4. The van der Waals surface area contributed by atoms with E-state index in [4.69, 9.17) is 4.74 Å². The Morgan fingerprint density at radius 1 is 1.11 bits per heavy atom. The molecule has 3 aliphatic heterocycles. The highest BCUT2D eigenvalue weighted by Crippen LogP contribution is 2.25. The highest BCUT2D eigenvalue weighted by Gasteiger charge is 2.36. The third-order valence-corrected chi connectivity index (χ3v) is 5.89. The van der Waals surface area contributed by atoms with Gasteiger partial charge in [-0.1, -0.05) is 0 Å². The maximum absolute atomic E-state index is 12.6. The number of hydrogen-bond donors (Lipinski definition) is 1. The zero-order valence-electron chi connectivity index (χ0n) is 15.9. The van der Waals surface area contributed by atoms with Crippen LogP contribution in [-0.4, -0.2) is 55.6 Å². The molecule has 3 saturated heterocycles. The molecule has 0 saturated carbocycles. The van der Waals surface area contributed by atoms with Gasteiger partial charge in [0.25, 0.3) is 0 Å². The number of rotatable bonds is 5. The third kappa shape index (κ3) is 4.43. The summed E-state index contributed by atoms with van der Waals surface area (Å²) >= 11 is 0. The lowest BCUT2D eigenvalue weighted by Gasteiger charge is -2.28. The van der Waals surface area contributed by atoms with Gasteiger partial charge in [0, 0.05) is 50.6 Å². The molecule has 3 aliphatic rings. The van der Waals surface area contributed by atoms with E-state index in [0.29, 0.717) is 19.5 Å². The largest absolute Gasteiger partial charge is 0.376 e. The maximum Gasteiger partial charge on any atom is 0.229 e. The SMILES string of the molecule is O=C(Nc1ccc(N2CCCCC2)cc1)C1CC(=O)N(CC2CCCO2)C1. The minimum atomic E-state index is -0.277. The summed E-state index contributed by atoms with van der Waals surface area (Å²) in [4.78, 5) is 29.0. The average molecular weight is 371 g/mol. The molecule has 3 fully saturated rings. The molecule has 1 N–H and O–H groups in total. The first kappa shape index (κ1) is 18.3. The molecule has 3 heterocycles. The highest BCUT2D eigenvalue weighted by molar-refractivity contribution is 5.97. The van der Waals surface area contributed by atoms with Crippen molar-refractivity contribution in [1.82, 2.24) is 4.90 Å². The zero-order valence-corrected chi connectivity index (χ0v) is 15.9. The van der Waals surface area contributed by atoms with Gasteiger partial charge in [0.2, 0.25) is 11.8 Å². The molecule has 6 heteroatoms. The second-order valence-electron chi connectivity index (χ2n) is 7.92. The summed E-state index contributed by atoms with van der Waals surface area (Å²) in [5.41, 5.74) is 2.01. The first-order valence-electron chi connectivity index (χ1n) is 10.2. The zero-order chi connectivity index (χ0) is 18.6. The van der Waals surface area contributed by atoms with Crippen LogP contribution in [0.4, 0.5) is 11.4 Å². The second-order valence-corrected chi connectivity index (χ2v) is 7.92. The first-order valence-corrected chi connectivity index (χ1v) is 10.2. The fourth-order valence-corrected chi connectivity index (χ4v) is 4.31. The van der Waals surface area contributed by atoms with Crippen molar-refractivity contribution in [1.29, 1.82) is 0 Å². The summed E-state index contributed by atoms with van der Waals surface area (Å²) in [6.45, 7) is 4.11. The standard InChI is InChI=1S/C21H29N3O3/c25-20-13-16(14-24(20)15-19-5-4-12-27-19)21(26)22-17-6-8-18(9-7-17)23-10-2-1-3-11-23/h6-9,16,19H,1-5,10-15H2,(H,22,26). The summed E-state index contributed by atoms with van der Waals surface area (Å²) < 4.78 is 5.62. The van der Waals surface area contributed by atoms with Crippen molar-refractivity contribution < 1.29 is 14.3 Å². The average Bonchev–Trinajstić information content (AvgIpc) is 3.34. The number of carbonyl (C=O) groups excluding carboxylic acids is 2. The van der Waals surface area contributed by atoms with Crippen LogP contribution in [0.2, 0.25) is 0 Å². The topological polar surface area (TPSA) is 61.9 Å². The van der Waals surface area contributed by atoms with Gasteiger partial charge in [0.15, 0.2) is 0 Å². The minimum absolute atomic E-state index is 0.0612. The highest BCUT2D eigenvalue weighted by atomic mass is 16.5. The lowest BCUT2D eigenvalue weighted by molar-refractivity contribution is -0.129. The van der Waals surface area contributed by atoms with Gasteiger partial charge < -0.3 is 19.9 Å². The van der Waals surface area contributed by atoms with Gasteiger partial charge in [-0.15, -0.1) is 0 Å². The smallest absolute Gasteiger partial charge is 0.229 e. The molecule has 1 aromatic carbocycles. The lowest BCUT2D eigenvalue weighted by atomic mass is 10.1. The van der Waals surface area contributed by atoms with Crippen LogP contribution in [0, 0.1) is 5.92 Å². The number of nitrogens with one attached hydrogen (secondary N) is 1. The molecule has 2 amide bonds. The maximum atomic E-state index is 12.6. The number of ether oxygens (including phenoxy) is 1. The van der Waals surface area contributed by atoms with Crippen LogP contribution >= 0.6 is 0 Å². The Morgan fingerprint density at radius 3 is 2.59 bits per heavy atom. The Hall–Kier alpha value is -2.08. The number of anilines is 2. The fourth-order valence-electron chi connectivity index (χ4n) is 4.31. The molecule has 146 valence electrons. The summed E-state index contributed by atoms with van der Waals surface area (Å²) in [6, 6.07) is 8.07. The second kappa shape index (κ2) is 8.30. The fraction of sp³-hybridized carbons (Fsp3) is 0.619. The normalized spacial score (nSPS) is 25.9. The first-order chi connectivity index (χ1) is 13.2. The molecule has 6 nitrogen and oxygen atoms in total. The molecule has 0 spiro atoms. The Bertz CT molecular complexity index is 664. The van der Waals surface area contributed by atoms with Gasteiger partial charge in [-0.2, -0.15) is 0 Å². The third-order valence-electron chi connectivity index (χ3n) is 5.89. The van der Waals surface area contributed by atoms with Gasteiger partial charge >= 0.3 is 0 Å². The van der Waals surface area contributed by atoms with E-state index in [1.807, 2.05) is 12.1 Å². The molecule has 2 atom stereocenters. The van der Waals surface area contributed by atoms with E-state index in [-0.39, 0.29) is 23.8 Å². The van der Waals surface area contributed by atoms with E-state index in [9.17, 15) is 9.59 Å². The molecule has 0 aromatic heterocycles. The number of likely N-dealkylation sites (tertiary alicyclic amines) is 1. The van der Waals surface area contributed by atoms with Gasteiger partial charge in [-0.3, -0.25) is 9.59 Å². The van der Waals surface area contributed by atoms with Crippen LogP contribution in [0.15, 0.2) is 24.3 Å². The van der Waals surface area contributed by atoms with Crippen molar-refractivity contribution in [2.45, 2.75) is 44.6 Å². The number of amides is 2. The van der Waals surface area contributed by atoms with Gasteiger partial charge in [0.05, 0.1) is 12.0 Å². The molecular weight excluding hydrogens is 342 g/mol. The Kier molecular flexibility index (Phi) is 5.62. The van der Waals surface area contributed by atoms with Crippen LogP contribution < -0.4 is 10.2 Å². The molecule has 27 heavy (non-hydrogen) atoms. The summed E-state index contributed by atoms with van der Waals surface area (Å²) in [5, 5.41) is 2.98. The van der Waals surface area contributed by atoms with Crippen molar-refractivity contribution in [2.75, 3.05) is 43.0 Å². The Labute approximate surface area is 160 Å². The van der Waals surface area contributed by atoms with E-state index < -0.39 is 0 Å². The van der Waals surface area contributed by atoms with Crippen LogP contribution in [0.25, 0.3) is 0 Å². The Morgan fingerprint density at radius 2 is 1.89 bits per heavy atom. The quantitative estimate of drug-likeness (QED) is 0.864. The van der Waals surface area contributed by atoms with E-state index in [1.165, 1.54) is 24.9 Å². The monoisotopic (exact) mass is 371 g/mol. The van der Waals surface area contributed by atoms with Gasteiger partial charge in [-0.25, -0.2) is 0 Å². The molecule has 1 aromatic rings. The van der Waals surface area contributed by atoms with Crippen LogP contribution in [-0.2, 0) is 14.3 Å². The summed E-state index contributed by atoms with van der Waals surface area (Å²) in [7, 11) is 0. The van der Waals surface area contributed by atoms with E-state index in [0.717, 1.165) is 38.2 Å². The Balaban J connectivity index is 1.30. The minimum Gasteiger partial charge on any atom is -0.376 e. The summed E-state index contributed by atoms with van der Waals surface area (Å²) in [6.07, 6.45) is 6.30. The van der Waals surface area contributed by atoms with Crippen molar-refractivity contribution in [3.8, 4) is 0 Å². The van der Waals surface area contributed by atoms with Crippen molar-refractivity contribution in [3.63, 3.8) is 0 Å². The van der Waals surface area contributed by atoms with Crippen molar-refractivity contribution in [3.05, 3.63) is 24.3 Å². The van der Waals surface area contributed by atoms with Gasteiger partial charge in [0.1, 0.15) is 0 Å². The molecular formula is C21H29N3O3. The summed E-state index contributed by atoms with van der Waals surface area (Å²) in [5.74, 6) is -0.282. The van der Waals surface area contributed by atoms with E-state index >= 15 is 0 Å². The molecule has 4 rings (SSSR count). The van der Waals surface area contributed by atoms with E-state index in [2.05, 4.69) is 22.3 Å². The number of piperidine rings is 1. The van der Waals surface area contributed by atoms with Gasteiger partial charge in [-0.05, 0) is 56.4 Å².